The van der Waals surface area contributed by atoms with Gasteiger partial charge in [-0.3, -0.25) is 14.4 Å². The third kappa shape index (κ3) is 5.01. The molecule has 2 amide bonds. The highest BCUT2D eigenvalue weighted by atomic mass is 35.5. The molecule has 0 radical (unpaired) electrons. The fraction of sp³-hybridized carbons (Fsp3) is 0.577. The van der Waals surface area contributed by atoms with Crippen LogP contribution in [0.3, 0.4) is 0 Å². The molecule has 1 aromatic rings. The van der Waals surface area contributed by atoms with E-state index in [-0.39, 0.29) is 31.0 Å². The first kappa shape index (κ1) is 26.2. The number of nitrogens with one attached hydrogen (secondary N) is 1. The Balaban J connectivity index is 2.07. The Bertz CT molecular complexity index is 934. The molecule has 186 valence electrons. The Morgan fingerprint density at radius 1 is 1.21 bits per heavy atom. The zero-order chi connectivity index (χ0) is 25.0. The van der Waals surface area contributed by atoms with Gasteiger partial charge in [0.25, 0.3) is 0 Å². The molecule has 0 spiro atoms. The van der Waals surface area contributed by atoms with Gasteiger partial charge in [0.15, 0.2) is 0 Å². The van der Waals surface area contributed by atoms with Gasteiger partial charge in [-0.15, -0.1) is 0 Å². The zero-order valence-corrected chi connectivity index (χ0v) is 21.0. The third-order valence-corrected chi connectivity index (χ3v) is 7.27. The van der Waals surface area contributed by atoms with Crippen molar-refractivity contribution in [3.05, 3.63) is 41.4 Å². The quantitative estimate of drug-likeness (QED) is 0.404. The van der Waals surface area contributed by atoms with Crippen LogP contribution in [0.5, 0.6) is 0 Å². The number of allylic oxidation sites excluding steroid dienone is 1. The van der Waals surface area contributed by atoms with Crippen LogP contribution in [0.1, 0.15) is 40.5 Å². The lowest BCUT2D eigenvalue weighted by Crippen LogP contribution is -2.52. The first-order valence-electron chi connectivity index (χ1n) is 12.1. The molecular weight excluding hydrogens is 456 g/mol. The molecule has 1 saturated heterocycles. The fourth-order valence-electron chi connectivity index (χ4n) is 5.36. The average Bonchev–Trinajstić information content (AvgIpc) is 3.08. The molecule has 2 aliphatic rings. The van der Waals surface area contributed by atoms with Gasteiger partial charge in [0.05, 0.1) is 41.8 Å². The molecule has 34 heavy (non-hydrogen) atoms. The highest BCUT2D eigenvalue weighted by Crippen LogP contribution is 2.47. The largest absolute Gasteiger partial charge is 0.466 e. The molecule has 2 N–H and O–H groups in total. The number of hydrogen-bond donors (Lipinski definition) is 2. The smallest absolute Gasteiger partial charge is 0.310 e. The third-order valence-electron chi connectivity index (χ3n) is 6.94. The number of para-hydroxylation sites is 1. The summed E-state index contributed by atoms with van der Waals surface area (Å²) in [5.74, 6) is -3.26. The summed E-state index contributed by atoms with van der Waals surface area (Å²) in [7, 11) is 0. The van der Waals surface area contributed by atoms with Crippen molar-refractivity contribution in [3.8, 4) is 0 Å². The number of likely N-dealkylation sites (tertiary alicyclic amines) is 1. The van der Waals surface area contributed by atoms with Crippen LogP contribution in [-0.2, 0) is 19.1 Å². The molecule has 1 aromatic carbocycles. The van der Waals surface area contributed by atoms with Crippen molar-refractivity contribution in [2.24, 2.45) is 29.6 Å². The number of rotatable bonds is 9. The number of fused-ring (bicyclic) bond motifs is 1. The average molecular weight is 491 g/mol. The van der Waals surface area contributed by atoms with Crippen LogP contribution >= 0.6 is 11.6 Å². The van der Waals surface area contributed by atoms with Crippen molar-refractivity contribution in [1.29, 1.82) is 0 Å². The Kier molecular flexibility index (Phi) is 8.77. The first-order valence-corrected chi connectivity index (χ1v) is 12.5. The molecule has 8 heteroatoms. The second-order valence-electron chi connectivity index (χ2n) is 9.37. The Labute approximate surface area is 206 Å². The van der Waals surface area contributed by atoms with Crippen molar-refractivity contribution < 1.29 is 24.2 Å². The second kappa shape index (κ2) is 11.4. The van der Waals surface area contributed by atoms with Crippen LogP contribution < -0.4 is 5.32 Å². The summed E-state index contributed by atoms with van der Waals surface area (Å²) in [6, 6.07) is 5.44. The summed E-state index contributed by atoms with van der Waals surface area (Å²) in [4.78, 5) is 42.1. The maximum absolute atomic E-state index is 13.9. The summed E-state index contributed by atoms with van der Waals surface area (Å²) in [6.45, 7) is 7.51. The topological polar surface area (TPSA) is 95.9 Å². The molecule has 0 aromatic heterocycles. The van der Waals surface area contributed by atoms with Crippen molar-refractivity contribution in [2.45, 2.75) is 52.6 Å². The van der Waals surface area contributed by atoms with Crippen molar-refractivity contribution in [3.63, 3.8) is 0 Å². The number of anilines is 1. The molecular formula is C26H35ClN2O5. The van der Waals surface area contributed by atoms with Gasteiger partial charge in [-0.25, -0.2) is 0 Å². The van der Waals surface area contributed by atoms with Gasteiger partial charge in [-0.05, 0) is 37.3 Å². The number of aliphatic hydroxyl groups is 1. The van der Waals surface area contributed by atoms with Crippen LogP contribution in [0.2, 0.25) is 5.02 Å². The van der Waals surface area contributed by atoms with E-state index in [1.807, 2.05) is 32.9 Å². The summed E-state index contributed by atoms with van der Waals surface area (Å²) >= 11 is 6.26. The monoisotopic (exact) mass is 490 g/mol. The van der Waals surface area contributed by atoms with Crippen molar-refractivity contribution in [2.75, 3.05) is 18.5 Å². The van der Waals surface area contributed by atoms with E-state index >= 15 is 0 Å². The van der Waals surface area contributed by atoms with Gasteiger partial charge in [0.2, 0.25) is 11.8 Å². The Morgan fingerprint density at radius 2 is 1.91 bits per heavy atom. The Morgan fingerprint density at radius 3 is 2.50 bits per heavy atom. The molecule has 7 nitrogen and oxygen atoms in total. The number of ether oxygens (including phenoxy) is 1. The lowest BCUT2D eigenvalue weighted by Gasteiger charge is -2.35. The van der Waals surface area contributed by atoms with Crippen LogP contribution in [0, 0.1) is 29.6 Å². The van der Waals surface area contributed by atoms with E-state index in [9.17, 15) is 19.5 Å². The highest BCUT2D eigenvalue weighted by Gasteiger charge is 2.59. The van der Waals surface area contributed by atoms with E-state index in [1.165, 1.54) is 4.90 Å². The van der Waals surface area contributed by atoms with Crippen LogP contribution in [0.4, 0.5) is 5.69 Å². The summed E-state index contributed by atoms with van der Waals surface area (Å²) in [6.07, 6.45) is 5.45. The maximum Gasteiger partial charge on any atom is 0.310 e. The van der Waals surface area contributed by atoms with E-state index in [0.717, 1.165) is 12.8 Å². The normalized spacial score (nSPS) is 27.0. The number of carbonyl (C=O) groups is 3. The van der Waals surface area contributed by atoms with Gasteiger partial charge in [0.1, 0.15) is 6.04 Å². The number of amides is 2. The van der Waals surface area contributed by atoms with Gasteiger partial charge >= 0.3 is 5.97 Å². The zero-order valence-electron chi connectivity index (χ0n) is 20.2. The van der Waals surface area contributed by atoms with E-state index < -0.39 is 41.7 Å². The summed E-state index contributed by atoms with van der Waals surface area (Å²) in [5, 5.41) is 13.4. The number of hydrogen-bond acceptors (Lipinski definition) is 5. The highest BCUT2D eigenvalue weighted by molar-refractivity contribution is 6.33. The number of halogens is 1. The fourth-order valence-corrected chi connectivity index (χ4v) is 5.54. The lowest BCUT2D eigenvalue weighted by molar-refractivity contribution is -0.156. The van der Waals surface area contributed by atoms with Crippen LogP contribution in [0.25, 0.3) is 0 Å². The molecule has 0 bridgehead atoms. The molecule has 6 atom stereocenters. The number of carbonyl (C=O) groups excluding carboxylic acids is 3. The molecule has 1 heterocycles. The van der Waals surface area contributed by atoms with Crippen molar-refractivity contribution >= 4 is 35.1 Å². The number of benzene rings is 1. The number of esters is 1. The maximum atomic E-state index is 13.9. The molecule has 1 aliphatic heterocycles. The van der Waals surface area contributed by atoms with Gasteiger partial charge < -0.3 is 20.1 Å². The minimum Gasteiger partial charge on any atom is -0.466 e. The van der Waals surface area contributed by atoms with E-state index in [1.54, 1.807) is 31.2 Å². The summed E-state index contributed by atoms with van der Waals surface area (Å²) in [5.41, 5.74) is 0.445. The van der Waals surface area contributed by atoms with E-state index in [0.29, 0.717) is 10.7 Å². The van der Waals surface area contributed by atoms with Crippen LogP contribution in [-0.4, -0.2) is 53.1 Å². The lowest BCUT2D eigenvalue weighted by atomic mass is 9.69. The number of aliphatic hydroxyl groups excluding tert-OH is 1. The first-order chi connectivity index (χ1) is 16.3. The SMILES string of the molecule is CCC[C@@H]1C=C[C@H]2[C@H](C(=O)N([C@@H](CO)C(C)C)[C@@H]2C(=O)Nc2ccccc2Cl)[C@@H]1C(=O)OCC. The summed E-state index contributed by atoms with van der Waals surface area (Å²) < 4.78 is 5.38. The molecule has 3 rings (SSSR count). The molecule has 1 fully saturated rings. The standard InChI is InChI=1S/C26H35ClN2O5/c1-5-9-16-12-13-17-22(21(16)26(33)34-6-2)25(32)29(20(14-30)15(3)4)23(17)24(31)28-19-11-8-7-10-18(19)27/h7-8,10-13,15-17,20-23,30H,5-6,9,14H2,1-4H3,(H,28,31)/t16-,17+,20+,21-,22+,23+/m1/s1. The second-order valence-corrected chi connectivity index (χ2v) is 9.78. The van der Waals surface area contributed by atoms with Gasteiger partial charge in [0, 0.05) is 5.92 Å². The van der Waals surface area contributed by atoms with Gasteiger partial charge in [-0.1, -0.05) is 63.1 Å². The predicted octanol–water partition coefficient (Wildman–Crippen LogP) is 3.90. The van der Waals surface area contributed by atoms with Gasteiger partial charge in [-0.2, -0.15) is 0 Å². The number of nitrogens with zero attached hydrogens (tertiary/aromatic N) is 1. The predicted molar refractivity (Wildman–Crippen MR) is 131 cm³/mol. The minimum atomic E-state index is -0.885. The minimum absolute atomic E-state index is 0.0961. The molecule has 0 saturated carbocycles. The molecule has 1 aliphatic carbocycles. The van der Waals surface area contributed by atoms with Crippen molar-refractivity contribution in [1.82, 2.24) is 4.90 Å². The Hall–Kier alpha value is -2.38. The molecule has 0 unspecified atom stereocenters. The van der Waals surface area contributed by atoms with E-state index in [4.69, 9.17) is 16.3 Å². The van der Waals surface area contributed by atoms with Crippen LogP contribution in [0.15, 0.2) is 36.4 Å². The van der Waals surface area contributed by atoms with E-state index in [2.05, 4.69) is 5.32 Å².